The number of benzene rings is 1. The van der Waals surface area contributed by atoms with Crippen LogP contribution in [0.2, 0.25) is 0 Å². The molecule has 84 valence electrons. The Morgan fingerprint density at radius 2 is 2.06 bits per heavy atom. The molecular formula is C11H8F2O2S. The molecule has 0 aliphatic carbocycles. The fraction of sp³-hybridized carbons (Fsp3) is 0.182. The number of carboxylic acids is 1. The lowest BCUT2D eigenvalue weighted by atomic mass is 10.1. The Morgan fingerprint density at radius 1 is 1.38 bits per heavy atom. The van der Waals surface area contributed by atoms with Crippen LogP contribution in [0.15, 0.2) is 29.6 Å². The van der Waals surface area contributed by atoms with E-state index < -0.39 is 18.3 Å². The standard InChI is InChI=1S/C11H8F2O2S/c12-11(13,10(14)15)5-7-6-16-9-4-2-1-3-8(7)9/h1-4,6H,5H2,(H,14,15). The van der Waals surface area contributed by atoms with E-state index in [1.165, 1.54) is 11.3 Å². The van der Waals surface area contributed by atoms with Gasteiger partial charge in [0.25, 0.3) is 0 Å². The van der Waals surface area contributed by atoms with Crippen LogP contribution in [0.5, 0.6) is 0 Å². The molecular weight excluding hydrogens is 234 g/mol. The van der Waals surface area contributed by atoms with Gasteiger partial charge < -0.3 is 5.11 Å². The number of hydrogen-bond acceptors (Lipinski definition) is 2. The summed E-state index contributed by atoms with van der Waals surface area (Å²) in [5.74, 6) is -5.79. The van der Waals surface area contributed by atoms with Gasteiger partial charge in [-0.05, 0) is 22.4 Å². The average molecular weight is 242 g/mol. The number of carbonyl (C=O) groups is 1. The third-order valence-electron chi connectivity index (χ3n) is 2.29. The van der Waals surface area contributed by atoms with Crippen molar-refractivity contribution in [1.29, 1.82) is 0 Å². The molecule has 1 N–H and O–H groups in total. The molecule has 0 saturated carbocycles. The molecule has 2 nitrogen and oxygen atoms in total. The zero-order valence-electron chi connectivity index (χ0n) is 8.11. The molecule has 0 saturated heterocycles. The van der Waals surface area contributed by atoms with Gasteiger partial charge >= 0.3 is 11.9 Å². The summed E-state index contributed by atoms with van der Waals surface area (Å²) >= 11 is 1.34. The summed E-state index contributed by atoms with van der Waals surface area (Å²) in [5.41, 5.74) is 0.382. The highest BCUT2D eigenvalue weighted by Crippen LogP contribution is 2.30. The SMILES string of the molecule is O=C(O)C(F)(F)Cc1csc2ccccc12. The first-order chi connectivity index (χ1) is 7.50. The molecule has 0 bridgehead atoms. The van der Waals surface area contributed by atoms with Crippen molar-refractivity contribution in [1.82, 2.24) is 0 Å². The maximum atomic E-state index is 13.0. The minimum absolute atomic E-state index is 0.382. The van der Waals surface area contributed by atoms with Gasteiger partial charge in [0.15, 0.2) is 0 Å². The Bertz CT molecular complexity index is 534. The number of carboxylic acid groups (broad SMARTS) is 1. The highest BCUT2D eigenvalue weighted by molar-refractivity contribution is 7.17. The molecule has 1 aromatic carbocycles. The molecule has 0 spiro atoms. The van der Waals surface area contributed by atoms with Gasteiger partial charge in [0.2, 0.25) is 0 Å². The van der Waals surface area contributed by atoms with Crippen LogP contribution >= 0.6 is 11.3 Å². The number of hydrogen-bond donors (Lipinski definition) is 1. The van der Waals surface area contributed by atoms with Crippen molar-refractivity contribution in [2.45, 2.75) is 12.3 Å². The van der Waals surface area contributed by atoms with Crippen molar-refractivity contribution in [3.8, 4) is 0 Å². The van der Waals surface area contributed by atoms with Crippen LogP contribution in [-0.4, -0.2) is 17.0 Å². The first-order valence-corrected chi connectivity index (χ1v) is 5.45. The number of alkyl halides is 2. The fourth-order valence-corrected chi connectivity index (χ4v) is 2.45. The lowest BCUT2D eigenvalue weighted by Gasteiger charge is -2.09. The second-order valence-corrected chi connectivity index (χ2v) is 4.35. The van der Waals surface area contributed by atoms with Crippen molar-refractivity contribution < 1.29 is 18.7 Å². The van der Waals surface area contributed by atoms with E-state index in [1.54, 1.807) is 17.5 Å². The van der Waals surface area contributed by atoms with Gasteiger partial charge in [0.05, 0.1) is 0 Å². The summed E-state index contributed by atoms with van der Waals surface area (Å²) in [5, 5.41) is 10.7. The summed E-state index contributed by atoms with van der Waals surface area (Å²) < 4.78 is 27.0. The predicted octanol–water partition coefficient (Wildman–Crippen LogP) is 3.16. The molecule has 16 heavy (non-hydrogen) atoms. The number of fused-ring (bicyclic) bond motifs is 1. The van der Waals surface area contributed by atoms with Crippen LogP contribution < -0.4 is 0 Å². The lowest BCUT2D eigenvalue weighted by molar-refractivity contribution is -0.164. The van der Waals surface area contributed by atoms with Gasteiger partial charge in [-0.2, -0.15) is 8.78 Å². The summed E-state index contributed by atoms with van der Waals surface area (Å²) in [6, 6.07) is 7.11. The molecule has 0 fully saturated rings. The minimum Gasteiger partial charge on any atom is -0.477 e. The number of rotatable bonds is 3. The van der Waals surface area contributed by atoms with Crippen molar-refractivity contribution in [3.05, 3.63) is 35.2 Å². The lowest BCUT2D eigenvalue weighted by Crippen LogP contribution is -2.30. The molecule has 1 aromatic heterocycles. The van der Waals surface area contributed by atoms with Crippen LogP contribution in [0.1, 0.15) is 5.56 Å². The quantitative estimate of drug-likeness (QED) is 0.897. The van der Waals surface area contributed by atoms with Gasteiger partial charge in [0, 0.05) is 11.1 Å². The highest BCUT2D eigenvalue weighted by atomic mass is 32.1. The normalized spacial score (nSPS) is 11.9. The summed E-state index contributed by atoms with van der Waals surface area (Å²) in [4.78, 5) is 10.3. The van der Waals surface area contributed by atoms with E-state index in [9.17, 15) is 13.6 Å². The third kappa shape index (κ3) is 1.90. The Morgan fingerprint density at radius 3 is 2.75 bits per heavy atom. The van der Waals surface area contributed by atoms with Gasteiger partial charge in [-0.25, -0.2) is 4.79 Å². The van der Waals surface area contributed by atoms with Gasteiger partial charge in [-0.3, -0.25) is 0 Å². The Labute approximate surface area is 94.1 Å². The molecule has 0 radical (unpaired) electrons. The van der Waals surface area contributed by atoms with E-state index in [-0.39, 0.29) is 0 Å². The Hall–Kier alpha value is -1.49. The molecule has 2 rings (SSSR count). The van der Waals surface area contributed by atoms with Crippen molar-refractivity contribution in [2.24, 2.45) is 0 Å². The van der Waals surface area contributed by atoms with E-state index >= 15 is 0 Å². The molecule has 0 amide bonds. The number of aliphatic carboxylic acids is 1. The zero-order chi connectivity index (χ0) is 11.8. The van der Waals surface area contributed by atoms with E-state index in [0.717, 1.165) is 4.70 Å². The average Bonchev–Trinajstić information content (AvgIpc) is 2.61. The van der Waals surface area contributed by atoms with Crippen LogP contribution in [-0.2, 0) is 11.2 Å². The number of halogens is 2. The summed E-state index contributed by atoms with van der Waals surface area (Å²) in [7, 11) is 0. The Balaban J connectivity index is 2.38. The zero-order valence-corrected chi connectivity index (χ0v) is 8.93. The topological polar surface area (TPSA) is 37.3 Å². The van der Waals surface area contributed by atoms with Crippen molar-refractivity contribution in [3.63, 3.8) is 0 Å². The van der Waals surface area contributed by atoms with Gasteiger partial charge in [-0.15, -0.1) is 11.3 Å². The molecule has 2 aromatic rings. The molecule has 0 aliphatic rings. The number of thiophene rings is 1. The van der Waals surface area contributed by atoms with Crippen LogP contribution in [0, 0.1) is 0 Å². The van der Waals surface area contributed by atoms with E-state index in [1.807, 2.05) is 12.1 Å². The largest absolute Gasteiger partial charge is 0.477 e. The van der Waals surface area contributed by atoms with E-state index in [2.05, 4.69) is 0 Å². The van der Waals surface area contributed by atoms with E-state index in [0.29, 0.717) is 10.9 Å². The van der Waals surface area contributed by atoms with Crippen LogP contribution in [0.3, 0.4) is 0 Å². The molecule has 0 atom stereocenters. The fourth-order valence-electron chi connectivity index (χ4n) is 1.48. The third-order valence-corrected chi connectivity index (χ3v) is 3.30. The summed E-state index contributed by atoms with van der Waals surface area (Å²) in [6.07, 6.45) is -0.758. The molecule has 0 aliphatic heterocycles. The van der Waals surface area contributed by atoms with Gasteiger partial charge in [-0.1, -0.05) is 18.2 Å². The maximum absolute atomic E-state index is 13.0. The van der Waals surface area contributed by atoms with Crippen LogP contribution in [0.4, 0.5) is 8.78 Å². The van der Waals surface area contributed by atoms with Gasteiger partial charge in [0.1, 0.15) is 0 Å². The smallest absolute Gasteiger partial charge is 0.374 e. The van der Waals surface area contributed by atoms with E-state index in [4.69, 9.17) is 5.11 Å². The van der Waals surface area contributed by atoms with Crippen LogP contribution in [0.25, 0.3) is 10.1 Å². The minimum atomic E-state index is -3.70. The van der Waals surface area contributed by atoms with Crippen molar-refractivity contribution >= 4 is 27.4 Å². The Kier molecular flexibility index (Phi) is 2.63. The first-order valence-electron chi connectivity index (χ1n) is 4.57. The molecule has 0 unspecified atom stereocenters. The molecule has 1 heterocycles. The second-order valence-electron chi connectivity index (χ2n) is 3.44. The maximum Gasteiger partial charge on any atom is 0.374 e. The van der Waals surface area contributed by atoms with Crippen molar-refractivity contribution in [2.75, 3.05) is 0 Å². The second kappa shape index (κ2) is 3.83. The summed E-state index contributed by atoms with van der Waals surface area (Å²) in [6.45, 7) is 0. The monoisotopic (exact) mass is 242 g/mol. The first kappa shape index (κ1) is 11.0. The molecule has 5 heteroatoms. The predicted molar refractivity (Wildman–Crippen MR) is 58.1 cm³/mol. The highest BCUT2D eigenvalue weighted by Gasteiger charge is 2.39.